The van der Waals surface area contributed by atoms with Crippen LogP contribution in [0.25, 0.3) is 10.9 Å². The van der Waals surface area contributed by atoms with Gasteiger partial charge < -0.3 is 38.1 Å². The van der Waals surface area contributed by atoms with Gasteiger partial charge in [-0.25, -0.2) is 5.48 Å². The monoisotopic (exact) mass is 630 g/mol. The van der Waals surface area contributed by atoms with Crippen LogP contribution in [0.2, 0.25) is 0 Å². The van der Waals surface area contributed by atoms with Crippen LogP contribution < -0.4 is 38.6 Å². The topological polar surface area (TPSA) is 265 Å². The third-order valence-corrected chi connectivity index (χ3v) is 7.33. The molecule has 0 aliphatic rings. The predicted molar refractivity (Wildman–Crippen MR) is 166 cm³/mol. The number of hydroxylamine groups is 1. The quantitative estimate of drug-likeness (QED) is 0.0527. The highest BCUT2D eigenvalue weighted by Gasteiger charge is 2.32. The van der Waals surface area contributed by atoms with Crippen molar-refractivity contribution in [1.82, 2.24) is 26.4 Å². The first-order valence-corrected chi connectivity index (χ1v) is 15.0. The fourth-order valence-electron chi connectivity index (χ4n) is 5.02. The number of benzene rings is 1. The Labute approximate surface area is 261 Å². The van der Waals surface area contributed by atoms with Crippen molar-refractivity contribution in [2.45, 2.75) is 83.3 Å². The summed E-state index contributed by atoms with van der Waals surface area (Å²) in [6.45, 7) is 4.12. The van der Waals surface area contributed by atoms with Crippen LogP contribution in [0.5, 0.6) is 0 Å². The highest BCUT2D eigenvalue weighted by Crippen LogP contribution is 2.21. The summed E-state index contributed by atoms with van der Waals surface area (Å²) in [6.07, 6.45) is 2.62. The molecule has 2 aromatic rings. The third kappa shape index (κ3) is 12.2. The number of hydrogen-bond donors (Lipinski definition) is 9. The number of fused-ring (bicyclic) bond motifs is 1. The second-order valence-corrected chi connectivity index (χ2v) is 11.5. The van der Waals surface area contributed by atoms with Crippen LogP contribution in [0.1, 0.15) is 64.4 Å². The van der Waals surface area contributed by atoms with E-state index in [2.05, 4.69) is 20.9 Å². The first-order valence-electron chi connectivity index (χ1n) is 15.0. The molecule has 248 valence electrons. The number of unbranched alkanes of at least 4 members (excludes halogenated alkanes) is 1. The Hall–Kier alpha value is -4.50. The van der Waals surface area contributed by atoms with Crippen LogP contribution >= 0.6 is 0 Å². The number of carbonyl (C=O) groups is 6. The van der Waals surface area contributed by atoms with Crippen LogP contribution in [0.15, 0.2) is 30.5 Å². The Morgan fingerprint density at radius 1 is 0.867 bits per heavy atom. The zero-order valence-corrected chi connectivity index (χ0v) is 25.8. The molecule has 0 fully saturated rings. The van der Waals surface area contributed by atoms with Crippen LogP contribution in [-0.4, -0.2) is 70.3 Å². The second-order valence-electron chi connectivity index (χ2n) is 11.5. The van der Waals surface area contributed by atoms with Gasteiger partial charge in [-0.1, -0.05) is 32.0 Å². The average Bonchev–Trinajstić information content (AvgIpc) is 3.39. The second kappa shape index (κ2) is 18.3. The maximum Gasteiger partial charge on any atom is 0.244 e. The van der Waals surface area contributed by atoms with Gasteiger partial charge in [0.25, 0.3) is 0 Å². The molecule has 4 atom stereocenters. The maximum atomic E-state index is 13.8. The van der Waals surface area contributed by atoms with Crippen LogP contribution in [0.4, 0.5) is 0 Å². The summed E-state index contributed by atoms with van der Waals surface area (Å²) in [5, 5.41) is 17.7. The van der Waals surface area contributed by atoms with Crippen LogP contribution in [0.3, 0.4) is 0 Å². The molecular formula is C30H46N8O7. The van der Waals surface area contributed by atoms with Crippen LogP contribution in [-0.2, 0) is 35.2 Å². The molecule has 0 aliphatic carbocycles. The Kier molecular flexibility index (Phi) is 15.0. The van der Waals surface area contributed by atoms with Crippen molar-refractivity contribution in [3.8, 4) is 0 Å². The van der Waals surface area contributed by atoms with Crippen LogP contribution in [0, 0.1) is 11.8 Å². The van der Waals surface area contributed by atoms with Gasteiger partial charge in [-0.2, -0.15) is 0 Å². The van der Waals surface area contributed by atoms with E-state index in [9.17, 15) is 28.8 Å². The molecule has 0 aliphatic heterocycles. The molecule has 6 amide bonds. The minimum absolute atomic E-state index is 0.00927. The van der Waals surface area contributed by atoms with Crippen molar-refractivity contribution in [1.29, 1.82) is 0 Å². The van der Waals surface area contributed by atoms with E-state index in [1.807, 2.05) is 38.1 Å². The van der Waals surface area contributed by atoms with Gasteiger partial charge in [-0.3, -0.25) is 34.0 Å². The Morgan fingerprint density at radius 2 is 1.51 bits per heavy atom. The first-order chi connectivity index (χ1) is 21.4. The zero-order chi connectivity index (χ0) is 33.5. The minimum Gasteiger partial charge on any atom is -0.370 e. The van der Waals surface area contributed by atoms with Crippen molar-refractivity contribution in [3.63, 3.8) is 0 Å². The largest absolute Gasteiger partial charge is 0.370 e. The number of carbonyl (C=O) groups excluding carboxylic acids is 6. The molecule has 0 bridgehead atoms. The fraction of sp³-hybridized carbons (Fsp3) is 0.533. The summed E-state index contributed by atoms with van der Waals surface area (Å²) in [6, 6.07) is 3.82. The summed E-state index contributed by atoms with van der Waals surface area (Å²) in [7, 11) is 0. The van der Waals surface area contributed by atoms with Crippen molar-refractivity contribution >= 4 is 46.3 Å². The molecule has 12 N–H and O–H groups in total. The SMILES string of the molecule is CC(C)C[C@H](CC(=O)NO)C(=O)N[C@@H](Cc1c[nH]c2ccccc12)C(=O)N[C@@H](CCC(N)=O)C(=O)N[C@@H](CCCCN)C(N)=O. The summed E-state index contributed by atoms with van der Waals surface area (Å²) < 4.78 is 0. The minimum atomic E-state index is -1.30. The molecule has 15 nitrogen and oxygen atoms in total. The molecule has 0 spiro atoms. The number of hydrogen-bond acceptors (Lipinski definition) is 8. The number of rotatable bonds is 20. The number of nitrogens with one attached hydrogen (secondary N) is 5. The van der Waals surface area contributed by atoms with Crippen molar-refractivity contribution in [2.24, 2.45) is 29.0 Å². The Balaban J connectivity index is 2.37. The van der Waals surface area contributed by atoms with E-state index in [4.69, 9.17) is 22.4 Å². The normalized spacial score (nSPS) is 13.8. The molecule has 0 radical (unpaired) electrons. The fourth-order valence-corrected chi connectivity index (χ4v) is 5.02. The predicted octanol–water partition coefficient (Wildman–Crippen LogP) is -0.398. The van der Waals surface area contributed by atoms with Gasteiger partial charge in [0, 0.05) is 42.3 Å². The Morgan fingerprint density at radius 3 is 2.13 bits per heavy atom. The van der Waals surface area contributed by atoms with Gasteiger partial charge in [-0.15, -0.1) is 0 Å². The molecule has 45 heavy (non-hydrogen) atoms. The van der Waals surface area contributed by atoms with Gasteiger partial charge in [0.2, 0.25) is 35.4 Å². The summed E-state index contributed by atoms with van der Waals surface area (Å²) in [4.78, 5) is 79.2. The van der Waals surface area contributed by atoms with E-state index in [0.29, 0.717) is 31.4 Å². The Bertz CT molecular complexity index is 1330. The lowest BCUT2D eigenvalue weighted by Gasteiger charge is -2.26. The third-order valence-electron chi connectivity index (χ3n) is 7.33. The average molecular weight is 631 g/mol. The number of para-hydroxylation sites is 1. The zero-order valence-electron chi connectivity index (χ0n) is 25.8. The van der Waals surface area contributed by atoms with E-state index < -0.39 is 59.5 Å². The number of amides is 6. The van der Waals surface area contributed by atoms with E-state index >= 15 is 0 Å². The van der Waals surface area contributed by atoms with Gasteiger partial charge in [0.05, 0.1) is 0 Å². The lowest BCUT2D eigenvalue weighted by Crippen LogP contribution is -2.57. The lowest BCUT2D eigenvalue weighted by molar-refractivity contribution is -0.137. The van der Waals surface area contributed by atoms with Crippen molar-refractivity contribution in [3.05, 3.63) is 36.0 Å². The van der Waals surface area contributed by atoms with Gasteiger partial charge in [0.1, 0.15) is 18.1 Å². The highest BCUT2D eigenvalue weighted by molar-refractivity contribution is 5.95. The maximum absolute atomic E-state index is 13.8. The molecular weight excluding hydrogens is 584 g/mol. The first kappa shape index (κ1) is 36.7. The molecule has 1 aromatic carbocycles. The van der Waals surface area contributed by atoms with Gasteiger partial charge in [-0.05, 0) is 56.2 Å². The molecule has 1 aromatic heterocycles. The highest BCUT2D eigenvalue weighted by atomic mass is 16.5. The number of aromatic nitrogens is 1. The summed E-state index contributed by atoms with van der Waals surface area (Å²) in [5.41, 5.74) is 19.4. The number of nitrogens with two attached hydrogens (primary N) is 3. The smallest absolute Gasteiger partial charge is 0.244 e. The molecule has 1 heterocycles. The van der Waals surface area contributed by atoms with Gasteiger partial charge >= 0.3 is 0 Å². The number of primary amides is 2. The molecule has 0 saturated heterocycles. The molecule has 0 saturated carbocycles. The van der Waals surface area contributed by atoms with Crippen molar-refractivity contribution < 1.29 is 34.0 Å². The number of H-pyrrole nitrogens is 1. The van der Waals surface area contributed by atoms with E-state index in [-0.39, 0.29) is 38.0 Å². The van der Waals surface area contributed by atoms with E-state index in [1.165, 1.54) is 5.48 Å². The summed E-state index contributed by atoms with van der Waals surface area (Å²) >= 11 is 0. The molecule has 15 heteroatoms. The van der Waals surface area contributed by atoms with E-state index in [0.717, 1.165) is 10.9 Å². The number of aromatic amines is 1. The van der Waals surface area contributed by atoms with Gasteiger partial charge in [0.15, 0.2) is 0 Å². The standard InChI is InChI=1S/C30H46N8O7/c1-17(2)13-18(15-26(40)38-45)28(42)37-24(14-19-16-34-21-8-4-3-7-20(19)21)30(44)36-23(10-11-25(32)39)29(43)35-22(27(33)41)9-5-6-12-31/h3-4,7-8,16-18,22-24,34,45H,5-6,9-15,31H2,1-2H3,(H2,32,39)(H2,33,41)(H,35,43)(H,36,44)(H,37,42)(H,38,40)/t18-,22+,23+,24+/m1/s1. The summed E-state index contributed by atoms with van der Waals surface area (Å²) in [5.74, 6) is -5.19. The lowest BCUT2D eigenvalue weighted by atomic mass is 9.92. The van der Waals surface area contributed by atoms with E-state index in [1.54, 1.807) is 6.20 Å². The van der Waals surface area contributed by atoms with Crippen molar-refractivity contribution in [2.75, 3.05) is 6.54 Å². The molecule has 0 unspecified atom stereocenters. The molecule has 2 rings (SSSR count).